The van der Waals surface area contributed by atoms with Crippen LogP contribution in [0.1, 0.15) is 17.4 Å². The predicted molar refractivity (Wildman–Crippen MR) is 104 cm³/mol. The van der Waals surface area contributed by atoms with Crippen LogP contribution in [-0.4, -0.2) is 54.8 Å². The molecule has 0 aliphatic carbocycles. The van der Waals surface area contributed by atoms with Crippen LogP contribution >= 0.6 is 23.1 Å². The minimum atomic E-state index is -0.516. The van der Waals surface area contributed by atoms with Gasteiger partial charge in [0.2, 0.25) is 5.91 Å². The molecule has 0 saturated carbocycles. The summed E-state index contributed by atoms with van der Waals surface area (Å²) in [5.41, 5.74) is 1.36. The fourth-order valence-corrected chi connectivity index (χ4v) is 4.94. The van der Waals surface area contributed by atoms with Crippen LogP contribution in [0.25, 0.3) is 10.2 Å². The van der Waals surface area contributed by atoms with Crippen molar-refractivity contribution < 1.29 is 14.5 Å². The van der Waals surface area contributed by atoms with Gasteiger partial charge in [0.05, 0.1) is 29.6 Å². The van der Waals surface area contributed by atoms with Crippen molar-refractivity contribution in [3.8, 4) is 0 Å². The SMILES string of the molecule is CCNc1nc(SCC(=O)NC(=O)NC)nc2sc3c(c12)CC[NH+](C)C3. The Bertz CT molecular complexity index is 838. The van der Waals surface area contributed by atoms with Crippen LogP contribution in [0.4, 0.5) is 10.6 Å². The number of nitrogens with zero attached hydrogens (tertiary/aromatic N) is 2. The van der Waals surface area contributed by atoms with Crippen molar-refractivity contribution in [1.82, 2.24) is 20.6 Å². The lowest BCUT2D eigenvalue weighted by Gasteiger charge is -2.19. The molecule has 26 heavy (non-hydrogen) atoms. The zero-order valence-corrected chi connectivity index (χ0v) is 16.7. The van der Waals surface area contributed by atoms with E-state index in [-0.39, 0.29) is 11.7 Å². The Kier molecular flexibility index (Phi) is 5.94. The van der Waals surface area contributed by atoms with Crippen LogP contribution < -0.4 is 20.9 Å². The van der Waals surface area contributed by atoms with E-state index in [1.807, 2.05) is 6.92 Å². The largest absolute Gasteiger partial charge is 0.370 e. The molecule has 8 nitrogen and oxygen atoms in total. The van der Waals surface area contributed by atoms with E-state index >= 15 is 0 Å². The number of hydrogen-bond acceptors (Lipinski definition) is 7. The number of rotatable bonds is 5. The normalized spacial score (nSPS) is 16.2. The van der Waals surface area contributed by atoms with Gasteiger partial charge in [-0.05, 0) is 12.5 Å². The highest BCUT2D eigenvalue weighted by Crippen LogP contribution is 2.36. The lowest BCUT2D eigenvalue weighted by atomic mass is 10.1. The van der Waals surface area contributed by atoms with Crippen LogP contribution in [0, 0.1) is 0 Å². The van der Waals surface area contributed by atoms with Crippen LogP contribution in [0.3, 0.4) is 0 Å². The number of aromatic nitrogens is 2. The van der Waals surface area contributed by atoms with E-state index in [0.717, 1.165) is 42.1 Å². The van der Waals surface area contributed by atoms with Gasteiger partial charge in [0, 0.05) is 20.0 Å². The Labute approximate surface area is 160 Å². The van der Waals surface area contributed by atoms with Gasteiger partial charge in [-0.3, -0.25) is 10.1 Å². The molecule has 3 rings (SSSR count). The second kappa shape index (κ2) is 8.19. The first kappa shape index (κ1) is 18.9. The highest BCUT2D eigenvalue weighted by Gasteiger charge is 2.25. The smallest absolute Gasteiger partial charge is 0.321 e. The van der Waals surface area contributed by atoms with Crippen molar-refractivity contribution >= 4 is 51.1 Å². The van der Waals surface area contributed by atoms with E-state index in [4.69, 9.17) is 0 Å². The summed E-state index contributed by atoms with van der Waals surface area (Å²) in [5, 5.41) is 9.60. The fraction of sp³-hybridized carbons (Fsp3) is 0.500. The topological polar surface area (TPSA) is 100 Å². The maximum atomic E-state index is 11.8. The Morgan fingerprint density at radius 3 is 2.88 bits per heavy atom. The summed E-state index contributed by atoms with van der Waals surface area (Å²) in [6, 6.07) is -0.516. The summed E-state index contributed by atoms with van der Waals surface area (Å²) in [5.74, 6) is 0.546. The number of imide groups is 1. The molecule has 0 radical (unpaired) electrons. The number of likely N-dealkylation sites (N-methyl/N-ethyl adjacent to an activating group) is 1. The number of thioether (sulfide) groups is 1. The molecular weight excluding hydrogens is 372 g/mol. The molecule has 1 unspecified atom stereocenters. The number of nitrogens with one attached hydrogen (secondary N) is 4. The molecule has 0 aromatic carbocycles. The van der Waals surface area contributed by atoms with Crippen LogP contribution in [-0.2, 0) is 17.8 Å². The monoisotopic (exact) mass is 395 g/mol. The number of carbonyl (C=O) groups is 2. The van der Waals surface area contributed by atoms with Gasteiger partial charge in [-0.2, -0.15) is 0 Å². The average molecular weight is 396 g/mol. The summed E-state index contributed by atoms with van der Waals surface area (Å²) in [6.45, 7) is 4.93. The summed E-state index contributed by atoms with van der Waals surface area (Å²) in [4.78, 5) is 36.1. The lowest BCUT2D eigenvalue weighted by Crippen LogP contribution is -3.08. The number of hydrogen-bond donors (Lipinski definition) is 4. The number of fused-ring (bicyclic) bond motifs is 3. The van der Waals surface area contributed by atoms with E-state index < -0.39 is 6.03 Å². The summed E-state index contributed by atoms with van der Waals surface area (Å²) >= 11 is 2.95. The molecule has 4 N–H and O–H groups in total. The van der Waals surface area contributed by atoms with Crippen molar-refractivity contribution in [2.45, 2.75) is 25.0 Å². The van der Waals surface area contributed by atoms with Crippen molar-refractivity contribution in [1.29, 1.82) is 0 Å². The molecule has 3 heterocycles. The molecule has 10 heteroatoms. The molecule has 2 aromatic heterocycles. The molecule has 1 aliphatic heterocycles. The Morgan fingerprint density at radius 1 is 1.35 bits per heavy atom. The molecule has 0 bridgehead atoms. The van der Waals surface area contributed by atoms with Crippen LogP contribution in [0.15, 0.2) is 5.16 Å². The minimum absolute atomic E-state index is 0.0858. The molecule has 0 spiro atoms. The van der Waals surface area contributed by atoms with Crippen molar-refractivity contribution in [3.63, 3.8) is 0 Å². The first-order valence-electron chi connectivity index (χ1n) is 8.53. The molecule has 2 aromatic rings. The number of thiophene rings is 1. The third kappa shape index (κ3) is 4.08. The highest BCUT2D eigenvalue weighted by molar-refractivity contribution is 7.99. The second-order valence-electron chi connectivity index (χ2n) is 6.12. The van der Waals surface area contributed by atoms with E-state index in [9.17, 15) is 9.59 Å². The Balaban J connectivity index is 1.85. The third-order valence-electron chi connectivity index (χ3n) is 4.13. The molecule has 0 fully saturated rings. The number of anilines is 1. The first-order valence-corrected chi connectivity index (χ1v) is 10.3. The van der Waals surface area contributed by atoms with Gasteiger partial charge in [0.15, 0.2) is 5.16 Å². The van der Waals surface area contributed by atoms with Gasteiger partial charge < -0.3 is 15.5 Å². The maximum absolute atomic E-state index is 11.8. The molecule has 3 amide bonds. The van der Waals surface area contributed by atoms with Crippen LogP contribution in [0.2, 0.25) is 0 Å². The Hall–Kier alpha value is -1.91. The van der Waals surface area contributed by atoms with E-state index in [0.29, 0.717) is 5.16 Å². The number of carbonyl (C=O) groups excluding carboxylic acids is 2. The van der Waals surface area contributed by atoms with Crippen molar-refractivity contribution in [2.24, 2.45) is 0 Å². The third-order valence-corrected chi connectivity index (χ3v) is 6.11. The summed E-state index contributed by atoms with van der Waals surface area (Å²) in [7, 11) is 3.67. The number of amides is 3. The molecule has 0 saturated heterocycles. The average Bonchev–Trinajstić information content (AvgIpc) is 2.97. The quantitative estimate of drug-likeness (QED) is 0.428. The summed E-state index contributed by atoms with van der Waals surface area (Å²) in [6.07, 6.45) is 1.03. The van der Waals surface area contributed by atoms with Gasteiger partial charge >= 0.3 is 6.03 Å². The van der Waals surface area contributed by atoms with E-state index in [1.54, 1.807) is 11.3 Å². The van der Waals surface area contributed by atoms with E-state index in [2.05, 4.69) is 33.0 Å². The number of urea groups is 1. The number of quaternary nitrogens is 1. The molecule has 140 valence electrons. The van der Waals surface area contributed by atoms with Gasteiger partial charge in [-0.1, -0.05) is 11.8 Å². The second-order valence-corrected chi connectivity index (χ2v) is 8.15. The standard InChI is InChI=1S/C16H22N6O2S2/c1-4-18-13-12-9-5-6-22(3)7-10(9)26-14(12)21-16(20-13)25-8-11(23)19-15(24)17-2/h4-8H2,1-3H3,(H,18,20,21)(H2,17,19,23,24)/p+1. The van der Waals surface area contributed by atoms with Gasteiger partial charge in [-0.15, -0.1) is 11.3 Å². The van der Waals surface area contributed by atoms with E-state index in [1.165, 1.54) is 34.2 Å². The Morgan fingerprint density at radius 2 is 2.15 bits per heavy atom. The fourth-order valence-electron chi connectivity index (χ4n) is 2.91. The van der Waals surface area contributed by atoms with Gasteiger partial charge in [0.25, 0.3) is 0 Å². The van der Waals surface area contributed by atoms with Gasteiger partial charge in [-0.25, -0.2) is 14.8 Å². The minimum Gasteiger partial charge on any atom is -0.370 e. The molecule has 1 atom stereocenters. The molecule has 1 aliphatic rings. The zero-order chi connectivity index (χ0) is 18.7. The van der Waals surface area contributed by atoms with Crippen molar-refractivity contribution in [2.75, 3.05) is 38.3 Å². The van der Waals surface area contributed by atoms with Crippen LogP contribution in [0.5, 0.6) is 0 Å². The molecular formula is C16H23N6O2S2+. The van der Waals surface area contributed by atoms with Gasteiger partial charge in [0.1, 0.15) is 17.2 Å². The lowest BCUT2D eigenvalue weighted by molar-refractivity contribution is -0.895. The summed E-state index contributed by atoms with van der Waals surface area (Å²) < 4.78 is 0. The van der Waals surface area contributed by atoms with Crippen molar-refractivity contribution in [3.05, 3.63) is 10.4 Å². The highest BCUT2D eigenvalue weighted by atomic mass is 32.2. The zero-order valence-electron chi connectivity index (χ0n) is 15.1. The first-order chi connectivity index (χ1) is 12.5. The predicted octanol–water partition coefficient (Wildman–Crippen LogP) is 0.242. The maximum Gasteiger partial charge on any atom is 0.321 e.